The molecule has 0 atom stereocenters. The van der Waals surface area contributed by atoms with Crippen molar-refractivity contribution in [2.45, 2.75) is 38.7 Å². The maximum Gasteiger partial charge on any atom is 0.398 e. The second kappa shape index (κ2) is 7.97. The minimum Gasteiger partial charge on any atom is -0.432 e. The van der Waals surface area contributed by atoms with Crippen LogP contribution in [0.5, 0.6) is 5.75 Å². The van der Waals surface area contributed by atoms with Gasteiger partial charge >= 0.3 is 6.11 Å². The average Bonchev–Trinajstić information content (AvgIpc) is 2.56. The maximum absolute atomic E-state index is 13.9. The highest BCUT2D eigenvalue weighted by Gasteiger charge is 2.32. The Bertz CT molecular complexity index is 766. The van der Waals surface area contributed by atoms with Gasteiger partial charge in [0.2, 0.25) is 0 Å². The van der Waals surface area contributed by atoms with Gasteiger partial charge in [0.05, 0.1) is 6.42 Å². The molecule has 0 radical (unpaired) electrons. The minimum atomic E-state index is -3.93. The van der Waals surface area contributed by atoms with Gasteiger partial charge in [-0.2, -0.15) is 8.78 Å². The molecule has 26 heavy (non-hydrogen) atoms. The van der Waals surface area contributed by atoms with Crippen molar-refractivity contribution in [1.82, 2.24) is 0 Å². The largest absolute Gasteiger partial charge is 0.432 e. The Kier molecular flexibility index (Phi) is 6.15. The Morgan fingerprint density at radius 1 is 0.808 bits per heavy atom. The Balaban J connectivity index is 2.09. The number of rotatable bonds is 7. The third-order valence-corrected chi connectivity index (χ3v) is 3.67. The average molecular weight is 380 g/mol. The Hall–Kier alpha value is -2.25. The summed E-state index contributed by atoms with van der Waals surface area (Å²) in [6.45, 7) is 1.78. The van der Waals surface area contributed by atoms with Crippen molar-refractivity contribution in [3.05, 3.63) is 64.5 Å². The van der Waals surface area contributed by atoms with Crippen LogP contribution in [0.15, 0.2) is 24.3 Å². The third kappa shape index (κ3) is 4.68. The van der Waals surface area contributed by atoms with Gasteiger partial charge in [-0.15, -0.1) is 0 Å². The van der Waals surface area contributed by atoms with Gasteiger partial charge in [-0.25, -0.2) is 22.0 Å². The molecule has 0 amide bonds. The lowest BCUT2D eigenvalue weighted by Gasteiger charge is -2.18. The van der Waals surface area contributed by atoms with Crippen molar-refractivity contribution in [1.29, 1.82) is 0 Å². The summed E-state index contributed by atoms with van der Waals surface area (Å²) in [5.41, 5.74) is -0.129. The summed E-state index contributed by atoms with van der Waals surface area (Å²) in [6, 6.07) is 3.07. The van der Waals surface area contributed by atoms with E-state index >= 15 is 0 Å². The number of aryl methyl sites for hydroxylation is 2. The van der Waals surface area contributed by atoms with Crippen LogP contribution in [0, 0.1) is 29.1 Å². The van der Waals surface area contributed by atoms with Crippen molar-refractivity contribution in [2.75, 3.05) is 0 Å². The molecule has 142 valence electrons. The number of benzene rings is 2. The van der Waals surface area contributed by atoms with Crippen LogP contribution in [0.3, 0.4) is 0 Å². The van der Waals surface area contributed by atoms with Gasteiger partial charge in [0.25, 0.3) is 0 Å². The van der Waals surface area contributed by atoms with E-state index in [0.717, 1.165) is 0 Å². The normalized spacial score (nSPS) is 11.7. The number of hydrogen-bond donors (Lipinski definition) is 0. The van der Waals surface area contributed by atoms with E-state index in [9.17, 15) is 30.7 Å². The summed E-state index contributed by atoms with van der Waals surface area (Å²) in [7, 11) is 0. The van der Waals surface area contributed by atoms with Crippen LogP contribution in [0.1, 0.15) is 30.9 Å². The molecule has 0 aliphatic rings. The Morgan fingerprint density at radius 3 is 1.81 bits per heavy atom. The van der Waals surface area contributed by atoms with Gasteiger partial charge in [0.1, 0.15) is 5.75 Å². The molecule has 0 bridgehead atoms. The van der Waals surface area contributed by atoms with Crippen LogP contribution < -0.4 is 4.74 Å². The van der Waals surface area contributed by atoms with Crippen molar-refractivity contribution < 1.29 is 35.5 Å². The first-order valence-electron chi connectivity index (χ1n) is 7.81. The molecule has 8 heteroatoms. The second-order valence-electron chi connectivity index (χ2n) is 5.70. The van der Waals surface area contributed by atoms with Crippen molar-refractivity contribution >= 4 is 0 Å². The smallest absolute Gasteiger partial charge is 0.398 e. The number of ether oxygens (including phenoxy) is 1. The summed E-state index contributed by atoms with van der Waals surface area (Å²) in [5.74, 6) is -8.41. The number of halogens is 7. The summed E-state index contributed by atoms with van der Waals surface area (Å²) in [5, 5.41) is 0. The lowest BCUT2D eigenvalue weighted by Crippen LogP contribution is -2.26. The Labute approximate surface area is 145 Å². The fourth-order valence-electron chi connectivity index (χ4n) is 2.38. The maximum atomic E-state index is 13.9. The fourth-order valence-corrected chi connectivity index (χ4v) is 2.38. The molecule has 2 aromatic rings. The zero-order valence-corrected chi connectivity index (χ0v) is 13.7. The molecule has 0 saturated heterocycles. The highest BCUT2D eigenvalue weighted by atomic mass is 19.3. The zero-order valence-electron chi connectivity index (χ0n) is 13.7. The van der Waals surface area contributed by atoms with Crippen LogP contribution in [-0.2, 0) is 12.8 Å². The monoisotopic (exact) mass is 380 g/mol. The van der Waals surface area contributed by atoms with E-state index in [0.29, 0.717) is 12.8 Å². The third-order valence-electron chi connectivity index (χ3n) is 3.67. The van der Waals surface area contributed by atoms with E-state index < -0.39 is 53.8 Å². The molecular weight excluding hydrogens is 365 g/mol. The SMILES string of the molecule is CCCc1ccc(CCC(F)(F)Oc2cc(F)c(F)c(F)c2)c(F)c1F. The fraction of sp³-hybridized carbons (Fsp3) is 0.333. The molecule has 0 aromatic heterocycles. The highest BCUT2D eigenvalue weighted by molar-refractivity contribution is 5.27. The molecule has 0 aliphatic carbocycles. The van der Waals surface area contributed by atoms with Crippen LogP contribution in [-0.4, -0.2) is 6.11 Å². The van der Waals surface area contributed by atoms with Gasteiger partial charge in [0.15, 0.2) is 29.1 Å². The molecule has 2 aromatic carbocycles. The first-order valence-corrected chi connectivity index (χ1v) is 7.81. The van der Waals surface area contributed by atoms with Gasteiger partial charge in [-0.3, -0.25) is 0 Å². The van der Waals surface area contributed by atoms with Crippen LogP contribution >= 0.6 is 0 Å². The van der Waals surface area contributed by atoms with Gasteiger partial charge in [0, 0.05) is 12.1 Å². The van der Waals surface area contributed by atoms with E-state index in [1.807, 2.05) is 0 Å². The standard InChI is InChI=1S/C18H15F7O/c1-2-3-10-4-5-11(16(22)15(10)21)6-7-18(24,25)26-12-8-13(19)17(23)14(20)9-12/h4-5,8-9H,2-3,6-7H2,1H3. The van der Waals surface area contributed by atoms with Gasteiger partial charge < -0.3 is 4.74 Å². The van der Waals surface area contributed by atoms with E-state index in [-0.39, 0.29) is 23.3 Å². The van der Waals surface area contributed by atoms with Crippen LogP contribution in [0.25, 0.3) is 0 Å². The zero-order chi connectivity index (χ0) is 19.5. The molecular formula is C18H15F7O. The van der Waals surface area contributed by atoms with E-state index in [2.05, 4.69) is 4.74 Å². The minimum absolute atomic E-state index is 0.147. The van der Waals surface area contributed by atoms with Crippen LogP contribution in [0.4, 0.5) is 30.7 Å². The highest BCUT2D eigenvalue weighted by Crippen LogP contribution is 2.29. The lowest BCUT2D eigenvalue weighted by atomic mass is 10.0. The Morgan fingerprint density at radius 2 is 1.31 bits per heavy atom. The molecule has 0 aliphatic heterocycles. The van der Waals surface area contributed by atoms with E-state index in [4.69, 9.17) is 0 Å². The quantitative estimate of drug-likeness (QED) is 0.427. The molecule has 0 spiro atoms. The molecule has 1 nitrogen and oxygen atoms in total. The van der Waals surface area contributed by atoms with Crippen molar-refractivity contribution in [3.63, 3.8) is 0 Å². The summed E-state index contributed by atoms with van der Waals surface area (Å²) in [4.78, 5) is 0. The first-order chi connectivity index (χ1) is 12.1. The molecule has 0 unspecified atom stereocenters. The molecule has 0 fully saturated rings. The molecule has 0 saturated carbocycles. The number of alkyl halides is 2. The summed E-state index contributed by atoms with van der Waals surface area (Å²) < 4.78 is 98.4. The van der Waals surface area contributed by atoms with Crippen molar-refractivity contribution in [2.24, 2.45) is 0 Å². The molecule has 0 N–H and O–H groups in total. The summed E-state index contributed by atoms with van der Waals surface area (Å²) in [6.07, 6.45) is -4.68. The van der Waals surface area contributed by atoms with Crippen molar-refractivity contribution in [3.8, 4) is 5.75 Å². The topological polar surface area (TPSA) is 9.23 Å². The number of hydrogen-bond acceptors (Lipinski definition) is 1. The van der Waals surface area contributed by atoms with Gasteiger partial charge in [-0.05, 0) is 24.0 Å². The first kappa shape index (κ1) is 20.1. The summed E-state index contributed by atoms with van der Waals surface area (Å²) >= 11 is 0. The second-order valence-corrected chi connectivity index (χ2v) is 5.70. The predicted molar refractivity (Wildman–Crippen MR) is 80.6 cm³/mol. The van der Waals surface area contributed by atoms with E-state index in [1.54, 1.807) is 6.92 Å². The predicted octanol–water partition coefficient (Wildman–Crippen LogP) is 5.94. The van der Waals surface area contributed by atoms with E-state index in [1.165, 1.54) is 12.1 Å². The van der Waals surface area contributed by atoms with Gasteiger partial charge in [-0.1, -0.05) is 25.5 Å². The lowest BCUT2D eigenvalue weighted by molar-refractivity contribution is -0.180. The molecule has 2 rings (SSSR count). The molecule has 0 heterocycles. The van der Waals surface area contributed by atoms with Crippen LogP contribution in [0.2, 0.25) is 0 Å².